The molecular formula is C7H19BN2. The molecule has 0 aliphatic rings. The number of hydrogen-bond acceptors (Lipinski definition) is 2. The van der Waals surface area contributed by atoms with E-state index in [1.807, 2.05) is 0 Å². The first-order valence-electron chi connectivity index (χ1n) is 3.69. The lowest BCUT2D eigenvalue weighted by Crippen LogP contribution is -2.42. The van der Waals surface area contributed by atoms with Crippen molar-refractivity contribution in [2.24, 2.45) is 11.5 Å². The van der Waals surface area contributed by atoms with Gasteiger partial charge in [0.05, 0.1) is 13.5 Å². The molecule has 4 N–H and O–H groups in total. The average Bonchev–Trinajstić information content (AvgIpc) is 1.63. The summed E-state index contributed by atoms with van der Waals surface area (Å²) < 4.78 is 0. The van der Waals surface area contributed by atoms with Gasteiger partial charge in [-0.15, -0.1) is 0 Å². The van der Waals surface area contributed by atoms with Crippen LogP contribution in [-0.2, 0) is 0 Å². The first-order valence-corrected chi connectivity index (χ1v) is 3.69. The third-order valence-electron chi connectivity index (χ3n) is 0.558. The summed E-state index contributed by atoms with van der Waals surface area (Å²) in [6.07, 6.45) is 3.23. The third kappa shape index (κ3) is 98.9. The van der Waals surface area contributed by atoms with Gasteiger partial charge in [0.2, 0.25) is 0 Å². The molecule has 0 spiro atoms. The number of rotatable bonds is 2. The Morgan fingerprint density at radius 1 is 1.30 bits per heavy atom. The van der Waals surface area contributed by atoms with Crippen molar-refractivity contribution in [3.63, 3.8) is 0 Å². The van der Waals surface area contributed by atoms with Gasteiger partial charge in [-0.25, -0.2) is 0 Å². The van der Waals surface area contributed by atoms with Crippen molar-refractivity contribution in [1.82, 2.24) is 0 Å². The van der Waals surface area contributed by atoms with Gasteiger partial charge in [-0.1, -0.05) is 26.1 Å². The molecule has 0 heterocycles. The molecule has 0 rings (SSSR count). The normalized spacial score (nSPS) is 10.1. The largest absolute Gasteiger partial charge is 0.314 e. The van der Waals surface area contributed by atoms with E-state index in [0.717, 1.165) is 6.32 Å². The Hall–Kier alpha value is -0.0151. The zero-order valence-electron chi connectivity index (χ0n) is 7.35. The number of unbranched alkanes of at least 4 members (excludes halogenated alkanes) is 1. The molecule has 0 bridgehead atoms. The van der Waals surface area contributed by atoms with E-state index in [0.29, 0.717) is 0 Å². The van der Waals surface area contributed by atoms with Crippen LogP contribution in [0, 0.1) is 0 Å². The van der Waals surface area contributed by atoms with Gasteiger partial charge in [0.1, 0.15) is 0 Å². The fourth-order valence-electron chi connectivity index (χ4n) is 0.204. The maximum atomic E-state index is 5.14. The summed E-state index contributed by atoms with van der Waals surface area (Å²) in [6, 6.07) is 0. The highest BCUT2D eigenvalue weighted by atomic mass is 14.9. The fraction of sp³-hybridized carbons (Fsp3) is 1.00. The van der Waals surface area contributed by atoms with Gasteiger partial charge >= 0.3 is 0 Å². The summed E-state index contributed by atoms with van der Waals surface area (Å²) in [7, 11) is 5.14. The van der Waals surface area contributed by atoms with E-state index < -0.39 is 5.66 Å². The Morgan fingerprint density at radius 3 is 1.60 bits per heavy atom. The lowest BCUT2D eigenvalue weighted by atomic mass is 10.0. The van der Waals surface area contributed by atoms with E-state index in [-0.39, 0.29) is 0 Å². The highest BCUT2D eigenvalue weighted by Gasteiger charge is 1.95. The van der Waals surface area contributed by atoms with Crippen LogP contribution in [0.5, 0.6) is 0 Å². The van der Waals surface area contributed by atoms with Gasteiger partial charge in [0.15, 0.2) is 0 Å². The first-order chi connectivity index (χ1) is 4.41. The second-order valence-corrected chi connectivity index (χ2v) is 2.96. The van der Waals surface area contributed by atoms with E-state index in [2.05, 4.69) is 6.92 Å². The maximum absolute atomic E-state index is 5.14. The maximum Gasteiger partial charge on any atom is 0.0652 e. The van der Waals surface area contributed by atoms with E-state index >= 15 is 0 Å². The molecule has 0 saturated heterocycles. The topological polar surface area (TPSA) is 52.0 Å². The van der Waals surface area contributed by atoms with Crippen molar-refractivity contribution in [2.75, 3.05) is 0 Å². The summed E-state index contributed by atoms with van der Waals surface area (Å²) in [6.45, 7) is 5.62. The molecule has 60 valence electrons. The van der Waals surface area contributed by atoms with Crippen molar-refractivity contribution < 1.29 is 0 Å². The molecular weight excluding hydrogens is 123 g/mol. The van der Waals surface area contributed by atoms with Gasteiger partial charge in [-0.2, -0.15) is 0 Å². The molecule has 0 fully saturated rings. The van der Waals surface area contributed by atoms with Crippen LogP contribution in [0.4, 0.5) is 0 Å². The van der Waals surface area contributed by atoms with Crippen LogP contribution >= 0.6 is 0 Å². The summed E-state index contributed by atoms with van der Waals surface area (Å²) in [5.74, 6) is 0. The van der Waals surface area contributed by atoms with E-state index in [1.165, 1.54) is 12.8 Å². The van der Waals surface area contributed by atoms with Crippen molar-refractivity contribution in [2.45, 2.75) is 45.6 Å². The molecule has 0 aliphatic heterocycles. The molecule has 0 unspecified atom stereocenters. The predicted octanol–water partition coefficient (Wildman–Crippen LogP) is 1.01. The zero-order valence-corrected chi connectivity index (χ0v) is 7.35. The summed E-state index contributed by atoms with van der Waals surface area (Å²) in [5.41, 5.74) is 9.76. The molecule has 0 aromatic rings. The van der Waals surface area contributed by atoms with Crippen LogP contribution < -0.4 is 11.5 Å². The fourth-order valence-corrected chi connectivity index (χ4v) is 0.204. The lowest BCUT2D eigenvalue weighted by Gasteiger charge is -2.07. The Kier molecular flexibility index (Phi) is 8.97. The Morgan fingerprint density at radius 2 is 1.60 bits per heavy atom. The molecule has 2 radical (unpaired) electrons. The van der Waals surface area contributed by atoms with Crippen molar-refractivity contribution in [3.05, 3.63) is 0 Å². The quantitative estimate of drug-likeness (QED) is 0.446. The molecule has 0 amide bonds. The Bertz CT molecular complexity index is 51.1. The molecule has 0 aromatic carbocycles. The Balaban J connectivity index is 0. The van der Waals surface area contributed by atoms with Gasteiger partial charge < -0.3 is 11.5 Å². The minimum absolute atomic E-state index is 0.500. The van der Waals surface area contributed by atoms with E-state index in [1.54, 1.807) is 13.8 Å². The van der Waals surface area contributed by atoms with Crippen molar-refractivity contribution >= 4 is 7.85 Å². The monoisotopic (exact) mass is 142 g/mol. The SMILES string of the molecule is CC(C)(N)N.[B]CCCC. The molecule has 0 saturated carbocycles. The van der Waals surface area contributed by atoms with Gasteiger partial charge in [-0.05, 0) is 13.8 Å². The summed E-state index contributed by atoms with van der Waals surface area (Å²) in [4.78, 5) is 0. The molecule has 10 heavy (non-hydrogen) atoms. The molecule has 3 heteroatoms. The van der Waals surface area contributed by atoms with Crippen LogP contribution in [0.25, 0.3) is 0 Å². The van der Waals surface area contributed by atoms with Gasteiger partial charge in [-0.3, -0.25) is 0 Å². The second-order valence-electron chi connectivity index (χ2n) is 2.96. The molecule has 0 aromatic heterocycles. The first kappa shape index (κ1) is 12.6. The lowest BCUT2D eigenvalue weighted by molar-refractivity contribution is 0.547. The molecule has 2 nitrogen and oxygen atoms in total. The highest BCUT2D eigenvalue weighted by molar-refractivity contribution is 6.08. The van der Waals surface area contributed by atoms with Crippen molar-refractivity contribution in [1.29, 1.82) is 0 Å². The zero-order chi connectivity index (χ0) is 8.62. The number of nitrogens with two attached hydrogens (primary N) is 2. The number of hydrogen-bond donors (Lipinski definition) is 2. The van der Waals surface area contributed by atoms with Gasteiger partial charge in [0, 0.05) is 0 Å². The smallest absolute Gasteiger partial charge is 0.0652 e. The van der Waals surface area contributed by atoms with E-state index in [9.17, 15) is 0 Å². The Labute approximate surface area is 65.8 Å². The molecule has 0 aliphatic carbocycles. The highest BCUT2D eigenvalue weighted by Crippen LogP contribution is 1.86. The van der Waals surface area contributed by atoms with Crippen LogP contribution in [0.1, 0.15) is 33.6 Å². The van der Waals surface area contributed by atoms with E-state index in [4.69, 9.17) is 19.3 Å². The summed E-state index contributed by atoms with van der Waals surface area (Å²) in [5, 5.41) is 0. The van der Waals surface area contributed by atoms with Crippen LogP contribution in [0.15, 0.2) is 0 Å². The minimum Gasteiger partial charge on any atom is -0.314 e. The minimum atomic E-state index is -0.500. The predicted molar refractivity (Wildman–Crippen MR) is 47.9 cm³/mol. The third-order valence-corrected chi connectivity index (χ3v) is 0.558. The summed E-state index contributed by atoms with van der Waals surface area (Å²) >= 11 is 0. The van der Waals surface area contributed by atoms with Crippen LogP contribution in [0.3, 0.4) is 0 Å². The standard InChI is InChI=1S/C4H9B.C3H10N2/c1-2-3-4-5;1-3(2,4)5/h2-4H2,1H3;4-5H2,1-2H3. The van der Waals surface area contributed by atoms with Crippen LogP contribution in [0.2, 0.25) is 6.32 Å². The molecule has 0 atom stereocenters. The van der Waals surface area contributed by atoms with Crippen LogP contribution in [-0.4, -0.2) is 13.5 Å². The second kappa shape index (κ2) is 7.10. The van der Waals surface area contributed by atoms with Gasteiger partial charge in [0.25, 0.3) is 0 Å². The average molecular weight is 142 g/mol. The van der Waals surface area contributed by atoms with Crippen molar-refractivity contribution in [3.8, 4) is 0 Å².